The van der Waals surface area contributed by atoms with E-state index in [4.69, 9.17) is 0 Å². The zero-order valence-corrected chi connectivity index (χ0v) is 9.11. The fourth-order valence-corrected chi connectivity index (χ4v) is 1.54. The number of hydrogen-bond acceptors (Lipinski definition) is 2. The van der Waals surface area contributed by atoms with E-state index in [0.29, 0.717) is 6.54 Å². The van der Waals surface area contributed by atoms with Crippen LogP contribution in [0.1, 0.15) is 5.69 Å². The van der Waals surface area contributed by atoms with Crippen LogP contribution in [-0.2, 0) is 6.54 Å². The molecule has 1 N–H and O–H groups in total. The summed E-state index contributed by atoms with van der Waals surface area (Å²) in [5.74, 6) is 0. The minimum Gasteiger partial charge on any atom is -0.320 e. The van der Waals surface area contributed by atoms with Gasteiger partial charge in [-0.15, -0.1) is 0 Å². The van der Waals surface area contributed by atoms with Crippen LogP contribution in [0, 0.1) is 0 Å². The Hall–Kier alpha value is -1.29. The van der Waals surface area contributed by atoms with Crippen molar-refractivity contribution in [3.63, 3.8) is 0 Å². The zero-order valence-electron chi connectivity index (χ0n) is 7.52. The minimum absolute atomic E-state index is 0.716. The summed E-state index contributed by atoms with van der Waals surface area (Å²) in [7, 11) is 0. The van der Waals surface area contributed by atoms with Gasteiger partial charge in [0.2, 0.25) is 0 Å². The molecular weight excluding hydrogens is 242 g/mol. The van der Waals surface area contributed by atoms with Gasteiger partial charge in [-0.2, -0.15) is 0 Å². The highest BCUT2D eigenvalue weighted by molar-refractivity contribution is 9.10. The highest BCUT2D eigenvalue weighted by atomic mass is 79.9. The average molecular weight is 252 g/mol. The molecule has 0 aromatic carbocycles. The zero-order chi connectivity index (χ0) is 9.80. The third kappa shape index (κ3) is 2.35. The average Bonchev–Trinajstić information content (AvgIpc) is 2.67. The first-order valence-electron chi connectivity index (χ1n) is 4.33. The molecule has 0 bridgehead atoms. The van der Waals surface area contributed by atoms with Gasteiger partial charge in [-0.1, -0.05) is 6.07 Å². The highest BCUT2D eigenvalue weighted by Crippen LogP contribution is 2.06. The standard InChI is InChI=1S/C10H10BrN3/c11-10-5-3-4-9(13-10)8-12-14-6-1-2-7-14/h1-7,12H,8H2. The van der Waals surface area contributed by atoms with Crippen molar-refractivity contribution < 1.29 is 0 Å². The summed E-state index contributed by atoms with van der Waals surface area (Å²) in [5, 5.41) is 0. The maximum atomic E-state index is 4.31. The Morgan fingerprint density at radius 2 is 2.00 bits per heavy atom. The van der Waals surface area contributed by atoms with Crippen LogP contribution < -0.4 is 5.43 Å². The predicted octanol–water partition coefficient (Wildman–Crippen LogP) is 2.39. The van der Waals surface area contributed by atoms with Crippen molar-refractivity contribution in [1.82, 2.24) is 9.66 Å². The van der Waals surface area contributed by atoms with E-state index in [1.807, 2.05) is 47.4 Å². The number of hydrogen-bond donors (Lipinski definition) is 1. The lowest BCUT2D eigenvalue weighted by Gasteiger charge is -2.06. The van der Waals surface area contributed by atoms with Crippen LogP contribution in [0.15, 0.2) is 47.3 Å². The lowest BCUT2D eigenvalue weighted by molar-refractivity contribution is 0.827. The predicted molar refractivity (Wildman–Crippen MR) is 59.4 cm³/mol. The molecule has 0 radical (unpaired) electrons. The van der Waals surface area contributed by atoms with Gasteiger partial charge in [-0.05, 0) is 40.2 Å². The van der Waals surface area contributed by atoms with Crippen LogP contribution >= 0.6 is 15.9 Å². The number of nitrogens with zero attached hydrogens (tertiary/aromatic N) is 2. The van der Waals surface area contributed by atoms with Crippen molar-refractivity contribution in [2.24, 2.45) is 0 Å². The van der Waals surface area contributed by atoms with E-state index in [2.05, 4.69) is 26.3 Å². The van der Waals surface area contributed by atoms with E-state index in [-0.39, 0.29) is 0 Å². The van der Waals surface area contributed by atoms with E-state index < -0.39 is 0 Å². The summed E-state index contributed by atoms with van der Waals surface area (Å²) in [6.07, 6.45) is 3.91. The first kappa shape index (κ1) is 9.27. The van der Waals surface area contributed by atoms with E-state index in [1.54, 1.807) is 0 Å². The molecule has 0 fully saturated rings. The third-order valence-corrected chi connectivity index (χ3v) is 2.26. The van der Waals surface area contributed by atoms with Crippen LogP contribution in [0.25, 0.3) is 0 Å². The van der Waals surface area contributed by atoms with E-state index >= 15 is 0 Å². The van der Waals surface area contributed by atoms with Crippen molar-refractivity contribution >= 4 is 15.9 Å². The van der Waals surface area contributed by atoms with Gasteiger partial charge in [-0.3, -0.25) is 4.68 Å². The maximum Gasteiger partial charge on any atom is 0.106 e. The first-order valence-corrected chi connectivity index (χ1v) is 5.12. The lowest BCUT2D eigenvalue weighted by atomic mass is 10.3. The van der Waals surface area contributed by atoms with Gasteiger partial charge >= 0.3 is 0 Å². The summed E-state index contributed by atoms with van der Waals surface area (Å²) in [6, 6.07) is 9.83. The molecular formula is C10H10BrN3. The monoisotopic (exact) mass is 251 g/mol. The Bertz CT molecular complexity index is 398. The van der Waals surface area contributed by atoms with Crippen LogP contribution in [0.2, 0.25) is 0 Å². The van der Waals surface area contributed by atoms with Gasteiger partial charge in [0.25, 0.3) is 0 Å². The van der Waals surface area contributed by atoms with Gasteiger partial charge in [0, 0.05) is 12.4 Å². The molecule has 0 amide bonds. The second-order valence-electron chi connectivity index (χ2n) is 2.88. The highest BCUT2D eigenvalue weighted by Gasteiger charge is 1.94. The summed E-state index contributed by atoms with van der Waals surface area (Å²) in [4.78, 5) is 4.31. The van der Waals surface area contributed by atoms with Crippen LogP contribution in [0.3, 0.4) is 0 Å². The Morgan fingerprint density at radius 1 is 1.21 bits per heavy atom. The molecule has 0 saturated heterocycles. The number of pyridine rings is 1. The quantitative estimate of drug-likeness (QED) is 0.850. The Morgan fingerprint density at radius 3 is 2.71 bits per heavy atom. The largest absolute Gasteiger partial charge is 0.320 e. The maximum absolute atomic E-state index is 4.31. The van der Waals surface area contributed by atoms with E-state index in [0.717, 1.165) is 10.3 Å². The summed E-state index contributed by atoms with van der Waals surface area (Å²) < 4.78 is 2.77. The lowest BCUT2D eigenvalue weighted by Crippen LogP contribution is -2.12. The summed E-state index contributed by atoms with van der Waals surface area (Å²) in [6.45, 7) is 0.716. The second kappa shape index (κ2) is 4.28. The van der Waals surface area contributed by atoms with Crippen molar-refractivity contribution in [1.29, 1.82) is 0 Å². The number of nitrogens with one attached hydrogen (secondary N) is 1. The topological polar surface area (TPSA) is 29.9 Å². The van der Waals surface area contributed by atoms with Crippen LogP contribution in [0.4, 0.5) is 0 Å². The van der Waals surface area contributed by atoms with Gasteiger partial charge in [-0.25, -0.2) is 4.98 Å². The molecule has 14 heavy (non-hydrogen) atoms. The molecule has 0 spiro atoms. The van der Waals surface area contributed by atoms with Crippen LogP contribution in [0.5, 0.6) is 0 Å². The SMILES string of the molecule is Brc1cccc(CNn2cccc2)n1. The van der Waals surface area contributed by atoms with Crippen molar-refractivity contribution in [2.45, 2.75) is 6.54 Å². The van der Waals surface area contributed by atoms with Crippen molar-refractivity contribution in [3.8, 4) is 0 Å². The molecule has 2 aromatic rings. The van der Waals surface area contributed by atoms with Gasteiger partial charge in [0.1, 0.15) is 4.60 Å². The number of aromatic nitrogens is 2. The number of rotatable bonds is 3. The van der Waals surface area contributed by atoms with Crippen LogP contribution in [-0.4, -0.2) is 9.66 Å². The molecule has 0 saturated carbocycles. The smallest absolute Gasteiger partial charge is 0.106 e. The van der Waals surface area contributed by atoms with Gasteiger partial charge in [0.05, 0.1) is 12.2 Å². The molecule has 0 aliphatic carbocycles. The fraction of sp³-hybridized carbons (Fsp3) is 0.100. The molecule has 3 nitrogen and oxygen atoms in total. The molecule has 0 atom stereocenters. The summed E-state index contributed by atoms with van der Waals surface area (Å²) >= 11 is 3.34. The molecule has 0 aliphatic heterocycles. The number of halogens is 1. The minimum atomic E-state index is 0.716. The third-order valence-electron chi connectivity index (χ3n) is 1.82. The second-order valence-corrected chi connectivity index (χ2v) is 3.69. The fourth-order valence-electron chi connectivity index (χ4n) is 1.16. The van der Waals surface area contributed by atoms with Crippen molar-refractivity contribution in [2.75, 3.05) is 5.43 Å². The molecule has 2 rings (SSSR count). The molecule has 0 aliphatic rings. The molecule has 0 unspecified atom stereocenters. The Kier molecular flexibility index (Phi) is 2.84. The molecule has 72 valence electrons. The molecule has 2 heterocycles. The Balaban J connectivity index is 1.98. The molecule has 2 aromatic heterocycles. The van der Waals surface area contributed by atoms with Gasteiger partial charge < -0.3 is 5.43 Å². The summed E-state index contributed by atoms with van der Waals surface area (Å²) in [5.41, 5.74) is 4.21. The normalized spacial score (nSPS) is 10.1. The Labute approximate surface area is 90.9 Å². The van der Waals surface area contributed by atoms with E-state index in [9.17, 15) is 0 Å². The first-order chi connectivity index (χ1) is 6.84. The molecule has 4 heteroatoms. The van der Waals surface area contributed by atoms with Gasteiger partial charge in [0.15, 0.2) is 0 Å². The van der Waals surface area contributed by atoms with E-state index in [1.165, 1.54) is 0 Å². The van der Waals surface area contributed by atoms with Crippen molar-refractivity contribution in [3.05, 3.63) is 53.0 Å².